The molecule has 0 aliphatic carbocycles. The van der Waals surface area contributed by atoms with Crippen molar-refractivity contribution < 1.29 is 19.1 Å². The second-order valence-corrected chi connectivity index (χ2v) is 7.06. The molecule has 2 aromatic carbocycles. The van der Waals surface area contributed by atoms with Crippen LogP contribution in [0.2, 0.25) is 0 Å². The zero-order valence-electron chi connectivity index (χ0n) is 15.4. The van der Waals surface area contributed by atoms with Crippen LogP contribution in [-0.2, 0) is 20.9 Å². The summed E-state index contributed by atoms with van der Waals surface area (Å²) < 4.78 is 13.0. The number of nitrogens with zero attached hydrogens (tertiary/aromatic N) is 2. The number of aromatic nitrogens is 1. The van der Waals surface area contributed by atoms with Crippen LogP contribution in [0.25, 0.3) is 10.2 Å². The van der Waals surface area contributed by atoms with Gasteiger partial charge in [-0.25, -0.2) is 0 Å². The predicted octanol–water partition coefficient (Wildman–Crippen LogP) is 3.00. The first-order chi connectivity index (χ1) is 13.0. The van der Waals surface area contributed by atoms with E-state index < -0.39 is 11.9 Å². The average molecular weight is 384 g/mol. The molecular weight excluding hydrogens is 364 g/mol. The van der Waals surface area contributed by atoms with Crippen LogP contribution >= 0.6 is 11.3 Å². The van der Waals surface area contributed by atoms with Gasteiger partial charge in [-0.3, -0.25) is 9.59 Å². The van der Waals surface area contributed by atoms with E-state index in [1.165, 1.54) is 18.4 Å². The van der Waals surface area contributed by atoms with E-state index in [0.29, 0.717) is 10.6 Å². The Morgan fingerprint density at radius 1 is 1.15 bits per heavy atom. The van der Waals surface area contributed by atoms with Gasteiger partial charge < -0.3 is 14.0 Å². The fraction of sp³-hybridized carbons (Fsp3) is 0.250. The Bertz CT molecular complexity index is 1050. The van der Waals surface area contributed by atoms with Gasteiger partial charge in [0.2, 0.25) is 0 Å². The number of esters is 1. The number of para-hydroxylation sites is 1. The molecule has 27 heavy (non-hydrogen) atoms. The van der Waals surface area contributed by atoms with Crippen molar-refractivity contribution in [1.82, 2.24) is 4.57 Å². The summed E-state index contributed by atoms with van der Waals surface area (Å²) in [5, 5.41) is 0. The van der Waals surface area contributed by atoms with E-state index in [1.807, 2.05) is 38.1 Å². The number of hydrogen-bond acceptors (Lipinski definition) is 5. The maximum Gasteiger partial charge on any atom is 0.325 e. The number of methoxy groups -OCH3 is 1. The number of carbonyl (C=O) groups excluding carboxylic acids is 2. The highest BCUT2D eigenvalue weighted by Gasteiger charge is 2.14. The highest BCUT2D eigenvalue weighted by Crippen LogP contribution is 2.23. The van der Waals surface area contributed by atoms with Gasteiger partial charge >= 0.3 is 5.97 Å². The highest BCUT2D eigenvalue weighted by molar-refractivity contribution is 7.16. The monoisotopic (exact) mass is 384 g/mol. The van der Waals surface area contributed by atoms with Crippen LogP contribution in [0.1, 0.15) is 11.1 Å². The molecule has 0 aliphatic rings. The third-order valence-electron chi connectivity index (χ3n) is 3.96. The molecule has 0 bridgehead atoms. The van der Waals surface area contributed by atoms with Crippen LogP contribution in [-0.4, -0.2) is 30.2 Å². The summed E-state index contributed by atoms with van der Waals surface area (Å²) in [5.74, 6) is -0.215. The molecule has 0 unspecified atom stereocenters. The molecule has 3 rings (SSSR count). The number of ether oxygens (including phenoxy) is 2. The molecule has 0 spiro atoms. The van der Waals surface area contributed by atoms with Crippen LogP contribution in [0.4, 0.5) is 0 Å². The molecule has 7 heteroatoms. The quantitative estimate of drug-likeness (QED) is 0.634. The molecule has 0 saturated carbocycles. The zero-order valence-corrected chi connectivity index (χ0v) is 16.2. The van der Waals surface area contributed by atoms with Crippen molar-refractivity contribution in [2.75, 3.05) is 13.7 Å². The van der Waals surface area contributed by atoms with Crippen molar-refractivity contribution in [2.45, 2.75) is 20.4 Å². The molecule has 0 saturated heterocycles. The third-order valence-corrected chi connectivity index (χ3v) is 5.18. The minimum absolute atomic E-state index is 0.00888. The Morgan fingerprint density at radius 3 is 2.59 bits per heavy atom. The van der Waals surface area contributed by atoms with E-state index in [0.717, 1.165) is 21.3 Å². The summed E-state index contributed by atoms with van der Waals surface area (Å²) >= 11 is 1.37. The molecule has 1 amide bonds. The SMILES string of the molecule is COC(=O)Cn1c(=NC(=O)COc2ccccc2)sc2c(C)cc(C)cc21. The fourth-order valence-electron chi connectivity index (χ4n) is 2.75. The molecule has 3 aromatic rings. The van der Waals surface area contributed by atoms with Crippen LogP contribution in [0.15, 0.2) is 47.5 Å². The van der Waals surface area contributed by atoms with Gasteiger partial charge in [-0.2, -0.15) is 4.99 Å². The van der Waals surface area contributed by atoms with Gasteiger partial charge in [0.25, 0.3) is 5.91 Å². The molecule has 1 aromatic heterocycles. The van der Waals surface area contributed by atoms with Gasteiger partial charge in [0.05, 0.1) is 17.3 Å². The smallest absolute Gasteiger partial charge is 0.325 e. The maximum absolute atomic E-state index is 12.3. The van der Waals surface area contributed by atoms with Crippen molar-refractivity contribution in [1.29, 1.82) is 0 Å². The van der Waals surface area contributed by atoms with Crippen LogP contribution in [0, 0.1) is 13.8 Å². The van der Waals surface area contributed by atoms with Crippen LogP contribution < -0.4 is 9.54 Å². The molecule has 0 aliphatic heterocycles. The maximum atomic E-state index is 12.3. The standard InChI is InChI=1S/C20H20N2O4S/c1-13-9-14(2)19-16(10-13)22(11-18(24)25-3)20(27-19)21-17(23)12-26-15-7-5-4-6-8-15/h4-10H,11-12H2,1-3H3. The first-order valence-electron chi connectivity index (χ1n) is 8.40. The summed E-state index contributed by atoms with van der Waals surface area (Å²) in [6.07, 6.45) is 0. The number of carbonyl (C=O) groups is 2. The zero-order chi connectivity index (χ0) is 19.4. The lowest BCUT2D eigenvalue weighted by Crippen LogP contribution is -2.23. The number of fused-ring (bicyclic) bond motifs is 1. The highest BCUT2D eigenvalue weighted by atomic mass is 32.1. The minimum Gasteiger partial charge on any atom is -0.484 e. The van der Waals surface area contributed by atoms with Gasteiger partial charge in [-0.15, -0.1) is 0 Å². The molecule has 1 heterocycles. The van der Waals surface area contributed by atoms with E-state index >= 15 is 0 Å². The molecular formula is C20H20N2O4S. The average Bonchev–Trinajstić information content (AvgIpc) is 2.98. The number of hydrogen-bond donors (Lipinski definition) is 0. The largest absolute Gasteiger partial charge is 0.484 e. The van der Waals surface area contributed by atoms with Crippen molar-refractivity contribution in [2.24, 2.45) is 4.99 Å². The first-order valence-corrected chi connectivity index (χ1v) is 9.22. The summed E-state index contributed by atoms with van der Waals surface area (Å²) in [7, 11) is 1.34. The second-order valence-electron chi connectivity index (χ2n) is 6.08. The lowest BCUT2D eigenvalue weighted by Gasteiger charge is -2.05. The molecule has 0 atom stereocenters. The number of benzene rings is 2. The van der Waals surface area contributed by atoms with Crippen molar-refractivity contribution in [3.05, 3.63) is 58.4 Å². The second kappa shape index (κ2) is 8.18. The van der Waals surface area contributed by atoms with E-state index in [-0.39, 0.29) is 13.2 Å². The lowest BCUT2D eigenvalue weighted by atomic mass is 10.1. The van der Waals surface area contributed by atoms with Gasteiger partial charge in [-0.1, -0.05) is 35.6 Å². The number of thiazole rings is 1. The third kappa shape index (κ3) is 4.43. The predicted molar refractivity (Wildman–Crippen MR) is 104 cm³/mol. The molecule has 0 fully saturated rings. The van der Waals surface area contributed by atoms with E-state index in [1.54, 1.807) is 16.7 Å². The van der Waals surface area contributed by atoms with Gasteiger partial charge in [0, 0.05) is 0 Å². The van der Waals surface area contributed by atoms with Crippen molar-refractivity contribution >= 4 is 33.4 Å². The Balaban J connectivity index is 1.97. The van der Waals surface area contributed by atoms with Crippen LogP contribution in [0.5, 0.6) is 5.75 Å². The number of aryl methyl sites for hydroxylation is 2. The summed E-state index contributed by atoms with van der Waals surface area (Å²) in [4.78, 5) is 28.8. The lowest BCUT2D eigenvalue weighted by molar-refractivity contribution is -0.141. The van der Waals surface area contributed by atoms with Crippen molar-refractivity contribution in [3.8, 4) is 5.75 Å². The Morgan fingerprint density at radius 2 is 1.89 bits per heavy atom. The van der Waals surface area contributed by atoms with Gasteiger partial charge in [0.15, 0.2) is 11.4 Å². The summed E-state index contributed by atoms with van der Waals surface area (Å²) in [6.45, 7) is 3.81. The number of rotatable bonds is 5. The molecule has 6 nitrogen and oxygen atoms in total. The van der Waals surface area contributed by atoms with E-state index in [4.69, 9.17) is 9.47 Å². The van der Waals surface area contributed by atoms with Crippen LogP contribution in [0.3, 0.4) is 0 Å². The minimum atomic E-state index is -0.418. The Labute approximate surface area is 160 Å². The Hall–Kier alpha value is -2.93. The number of amides is 1. The molecule has 0 radical (unpaired) electrons. The fourth-order valence-corrected chi connectivity index (χ4v) is 3.84. The van der Waals surface area contributed by atoms with Crippen molar-refractivity contribution in [3.63, 3.8) is 0 Å². The normalized spacial score (nSPS) is 11.6. The topological polar surface area (TPSA) is 69.9 Å². The molecule has 0 N–H and O–H groups in total. The van der Waals surface area contributed by atoms with Gasteiger partial charge in [-0.05, 0) is 43.2 Å². The Kier molecular flexibility index (Phi) is 5.71. The molecule has 140 valence electrons. The summed E-state index contributed by atoms with van der Waals surface area (Å²) in [5.41, 5.74) is 3.00. The summed E-state index contributed by atoms with van der Waals surface area (Å²) in [6, 6.07) is 13.1. The van der Waals surface area contributed by atoms with Gasteiger partial charge in [0.1, 0.15) is 12.3 Å². The van der Waals surface area contributed by atoms with E-state index in [2.05, 4.69) is 11.1 Å². The van der Waals surface area contributed by atoms with E-state index in [9.17, 15) is 9.59 Å². The first kappa shape index (κ1) is 18.8.